The predicted molar refractivity (Wildman–Crippen MR) is 100 cm³/mol. The maximum absolute atomic E-state index is 13.1. The summed E-state index contributed by atoms with van der Waals surface area (Å²) in [5.41, 5.74) is 0. The quantitative estimate of drug-likeness (QED) is 0.639. The lowest BCUT2D eigenvalue weighted by Crippen LogP contribution is -2.46. The van der Waals surface area contributed by atoms with Crippen molar-refractivity contribution in [2.75, 3.05) is 39.9 Å². The minimum atomic E-state index is -0.574. The zero-order valence-electron chi connectivity index (χ0n) is 16.0. The first-order valence-electron chi connectivity index (χ1n) is 9.08. The van der Waals surface area contributed by atoms with Crippen molar-refractivity contribution in [3.8, 4) is 5.75 Å². The molecule has 0 atom stereocenters. The summed E-state index contributed by atoms with van der Waals surface area (Å²) in [6.07, 6.45) is 1.10. The van der Waals surface area contributed by atoms with Crippen molar-refractivity contribution in [2.24, 2.45) is 5.92 Å². The van der Waals surface area contributed by atoms with Crippen LogP contribution in [0.1, 0.15) is 19.8 Å². The SMILES string of the molecule is CCOC(=O)C1CCN(C(=O)CN(C)C(=O)COc2ccc(F)c(Cl)c2)CC1. The van der Waals surface area contributed by atoms with Gasteiger partial charge in [0.1, 0.15) is 11.6 Å². The van der Waals surface area contributed by atoms with Gasteiger partial charge in [-0.1, -0.05) is 11.6 Å². The van der Waals surface area contributed by atoms with Gasteiger partial charge >= 0.3 is 5.97 Å². The van der Waals surface area contributed by atoms with Crippen LogP contribution in [-0.4, -0.2) is 67.5 Å². The number of likely N-dealkylation sites (N-methyl/N-ethyl adjacent to an activating group) is 1. The molecular formula is C19H24ClFN2O5. The Morgan fingerprint density at radius 1 is 1.29 bits per heavy atom. The third-order valence-corrected chi connectivity index (χ3v) is 4.81. The number of ether oxygens (including phenoxy) is 2. The van der Waals surface area contributed by atoms with Crippen LogP contribution in [0.2, 0.25) is 5.02 Å². The lowest BCUT2D eigenvalue weighted by molar-refractivity contribution is -0.151. The van der Waals surface area contributed by atoms with Crippen LogP contribution in [-0.2, 0) is 19.1 Å². The zero-order valence-corrected chi connectivity index (χ0v) is 16.7. The van der Waals surface area contributed by atoms with Gasteiger partial charge in [0.25, 0.3) is 5.91 Å². The molecule has 1 fully saturated rings. The second-order valence-corrected chi connectivity index (χ2v) is 6.93. The number of amides is 2. The van der Waals surface area contributed by atoms with Gasteiger partial charge in [-0.05, 0) is 31.9 Å². The molecule has 0 N–H and O–H groups in total. The number of carbonyl (C=O) groups excluding carboxylic acids is 3. The summed E-state index contributed by atoms with van der Waals surface area (Å²) in [6, 6.07) is 3.80. The molecule has 0 bridgehead atoms. The molecule has 154 valence electrons. The fourth-order valence-electron chi connectivity index (χ4n) is 2.84. The van der Waals surface area contributed by atoms with Crippen LogP contribution in [0.4, 0.5) is 4.39 Å². The number of rotatable bonds is 7. The summed E-state index contributed by atoms with van der Waals surface area (Å²) < 4.78 is 23.4. The molecule has 2 amide bonds. The average molecular weight is 415 g/mol. The van der Waals surface area contributed by atoms with Gasteiger partial charge < -0.3 is 19.3 Å². The number of halogens is 2. The number of likely N-dealkylation sites (tertiary alicyclic amines) is 1. The van der Waals surface area contributed by atoms with Crippen LogP contribution in [0, 0.1) is 11.7 Å². The van der Waals surface area contributed by atoms with Crippen molar-refractivity contribution in [2.45, 2.75) is 19.8 Å². The fraction of sp³-hybridized carbons (Fsp3) is 0.526. The smallest absolute Gasteiger partial charge is 0.309 e. The molecule has 2 rings (SSSR count). The molecule has 0 aliphatic carbocycles. The van der Waals surface area contributed by atoms with Crippen molar-refractivity contribution in [3.63, 3.8) is 0 Å². The maximum Gasteiger partial charge on any atom is 0.309 e. The Balaban J connectivity index is 1.76. The van der Waals surface area contributed by atoms with E-state index in [0.29, 0.717) is 32.5 Å². The van der Waals surface area contributed by atoms with E-state index in [1.54, 1.807) is 11.8 Å². The molecule has 28 heavy (non-hydrogen) atoms. The molecule has 0 unspecified atom stereocenters. The Bertz CT molecular complexity index is 722. The van der Waals surface area contributed by atoms with E-state index in [9.17, 15) is 18.8 Å². The van der Waals surface area contributed by atoms with Gasteiger partial charge in [0.15, 0.2) is 6.61 Å². The summed E-state index contributed by atoms with van der Waals surface area (Å²) in [4.78, 5) is 39.2. The molecule has 1 aromatic rings. The van der Waals surface area contributed by atoms with E-state index in [1.165, 1.54) is 24.1 Å². The van der Waals surface area contributed by atoms with Crippen molar-refractivity contribution in [3.05, 3.63) is 29.0 Å². The number of carbonyl (C=O) groups is 3. The number of hydrogen-bond acceptors (Lipinski definition) is 5. The highest BCUT2D eigenvalue weighted by Crippen LogP contribution is 2.21. The Morgan fingerprint density at radius 2 is 1.96 bits per heavy atom. The molecular weight excluding hydrogens is 391 g/mol. The third-order valence-electron chi connectivity index (χ3n) is 4.52. The highest BCUT2D eigenvalue weighted by molar-refractivity contribution is 6.30. The van der Waals surface area contributed by atoms with E-state index in [4.69, 9.17) is 21.1 Å². The molecule has 0 radical (unpaired) electrons. The standard InChI is InChI=1S/C19H24ClFN2O5/c1-3-27-19(26)13-6-8-23(9-7-13)17(24)11-22(2)18(25)12-28-14-4-5-16(21)15(20)10-14/h4-5,10,13H,3,6-9,11-12H2,1-2H3. The molecule has 1 aliphatic heterocycles. The van der Waals surface area contributed by atoms with Crippen molar-refractivity contribution in [1.29, 1.82) is 0 Å². The molecule has 0 spiro atoms. The van der Waals surface area contributed by atoms with Gasteiger partial charge in [-0.15, -0.1) is 0 Å². The normalized spacial score (nSPS) is 14.5. The molecule has 9 heteroatoms. The van der Waals surface area contributed by atoms with Gasteiger partial charge in [-0.3, -0.25) is 14.4 Å². The van der Waals surface area contributed by atoms with E-state index in [-0.39, 0.29) is 41.7 Å². The summed E-state index contributed by atoms with van der Waals surface area (Å²) in [7, 11) is 1.51. The molecule has 0 aromatic heterocycles. The molecule has 0 saturated carbocycles. The Labute approximate surface area is 168 Å². The van der Waals surface area contributed by atoms with Crippen LogP contribution in [0.25, 0.3) is 0 Å². The van der Waals surface area contributed by atoms with E-state index >= 15 is 0 Å². The topological polar surface area (TPSA) is 76.2 Å². The minimum Gasteiger partial charge on any atom is -0.484 e. The minimum absolute atomic E-state index is 0.0869. The van der Waals surface area contributed by atoms with Crippen molar-refractivity contribution < 1.29 is 28.2 Å². The third kappa shape index (κ3) is 6.09. The number of hydrogen-bond donors (Lipinski definition) is 0. The lowest BCUT2D eigenvalue weighted by atomic mass is 9.97. The highest BCUT2D eigenvalue weighted by Gasteiger charge is 2.29. The molecule has 1 saturated heterocycles. The van der Waals surface area contributed by atoms with E-state index < -0.39 is 11.7 Å². The van der Waals surface area contributed by atoms with E-state index in [1.807, 2.05) is 0 Å². The van der Waals surface area contributed by atoms with Crippen LogP contribution in [0.5, 0.6) is 5.75 Å². The fourth-order valence-corrected chi connectivity index (χ4v) is 3.01. The predicted octanol–water partition coefficient (Wildman–Crippen LogP) is 2.12. The molecule has 1 heterocycles. The maximum atomic E-state index is 13.1. The molecule has 1 aromatic carbocycles. The summed E-state index contributed by atoms with van der Waals surface area (Å²) in [5.74, 6) is -1.30. The van der Waals surface area contributed by atoms with Crippen LogP contribution in [0.15, 0.2) is 18.2 Å². The monoisotopic (exact) mass is 414 g/mol. The van der Waals surface area contributed by atoms with Gasteiger partial charge in [0, 0.05) is 26.2 Å². The van der Waals surface area contributed by atoms with Gasteiger partial charge in [-0.2, -0.15) is 0 Å². The largest absolute Gasteiger partial charge is 0.484 e. The lowest BCUT2D eigenvalue weighted by Gasteiger charge is -2.32. The van der Waals surface area contributed by atoms with Gasteiger partial charge in [-0.25, -0.2) is 4.39 Å². The molecule has 7 nitrogen and oxygen atoms in total. The van der Waals surface area contributed by atoms with E-state index in [0.717, 1.165) is 6.07 Å². The zero-order chi connectivity index (χ0) is 20.7. The van der Waals surface area contributed by atoms with Crippen LogP contribution >= 0.6 is 11.6 Å². The first-order chi connectivity index (χ1) is 13.3. The summed E-state index contributed by atoms with van der Waals surface area (Å²) >= 11 is 5.66. The van der Waals surface area contributed by atoms with E-state index in [2.05, 4.69) is 0 Å². The highest BCUT2D eigenvalue weighted by atomic mass is 35.5. The van der Waals surface area contributed by atoms with Crippen molar-refractivity contribution >= 4 is 29.4 Å². The number of nitrogens with zero attached hydrogens (tertiary/aromatic N) is 2. The number of piperidine rings is 1. The Hall–Kier alpha value is -2.35. The van der Waals surface area contributed by atoms with Crippen molar-refractivity contribution in [1.82, 2.24) is 9.80 Å². The number of esters is 1. The van der Waals surface area contributed by atoms with Gasteiger partial charge in [0.2, 0.25) is 5.91 Å². The Kier molecular flexibility index (Phi) is 8.04. The summed E-state index contributed by atoms with van der Waals surface area (Å²) in [5, 5.41) is -0.0975. The number of benzene rings is 1. The second kappa shape index (κ2) is 10.3. The first kappa shape index (κ1) is 21.9. The van der Waals surface area contributed by atoms with Gasteiger partial charge in [0.05, 0.1) is 24.1 Å². The average Bonchev–Trinajstić information content (AvgIpc) is 2.68. The van der Waals surface area contributed by atoms with Crippen LogP contribution in [0.3, 0.4) is 0 Å². The first-order valence-corrected chi connectivity index (χ1v) is 9.45. The molecule has 1 aliphatic rings. The Morgan fingerprint density at radius 3 is 2.57 bits per heavy atom. The van der Waals surface area contributed by atoms with Crippen LogP contribution < -0.4 is 4.74 Å². The second-order valence-electron chi connectivity index (χ2n) is 6.52. The summed E-state index contributed by atoms with van der Waals surface area (Å²) in [6.45, 7) is 2.63.